The monoisotopic (exact) mass is 495 g/mol. The SMILES string of the molecule is O=C(Nc1ccc(-n2ncc3cc(NC(=O)C4CC4)ccc32)cc1)c1ccc(N2CCC(O)CC2)cc1. The molecule has 0 radical (unpaired) electrons. The first-order chi connectivity index (χ1) is 18.0. The number of nitrogens with one attached hydrogen (secondary N) is 2. The minimum absolute atomic E-state index is 0.0862. The van der Waals surface area contributed by atoms with Gasteiger partial charge in [0, 0.05) is 47.0 Å². The molecule has 6 rings (SSSR count). The number of anilines is 3. The fourth-order valence-electron chi connectivity index (χ4n) is 4.74. The first kappa shape index (κ1) is 23.2. The Hall–Kier alpha value is -4.17. The van der Waals surface area contributed by atoms with Gasteiger partial charge in [-0.1, -0.05) is 0 Å². The van der Waals surface area contributed by atoms with Crippen molar-refractivity contribution in [3.05, 3.63) is 78.5 Å². The van der Waals surface area contributed by atoms with Gasteiger partial charge in [0.2, 0.25) is 5.91 Å². The average Bonchev–Trinajstić information content (AvgIpc) is 3.70. The molecule has 37 heavy (non-hydrogen) atoms. The lowest BCUT2D eigenvalue weighted by atomic mass is 10.1. The largest absolute Gasteiger partial charge is 0.393 e. The van der Waals surface area contributed by atoms with Gasteiger partial charge in [0.15, 0.2) is 0 Å². The van der Waals surface area contributed by atoms with Gasteiger partial charge in [-0.2, -0.15) is 5.10 Å². The summed E-state index contributed by atoms with van der Waals surface area (Å²) in [6, 6.07) is 20.9. The number of amides is 2. The van der Waals surface area contributed by atoms with Crippen molar-refractivity contribution in [1.82, 2.24) is 9.78 Å². The van der Waals surface area contributed by atoms with Gasteiger partial charge in [0.1, 0.15) is 0 Å². The Labute approximate surface area is 214 Å². The summed E-state index contributed by atoms with van der Waals surface area (Å²) >= 11 is 0. The summed E-state index contributed by atoms with van der Waals surface area (Å²) in [4.78, 5) is 27.1. The second-order valence-corrected chi connectivity index (χ2v) is 9.86. The molecule has 4 aromatic rings. The van der Waals surface area contributed by atoms with Crippen molar-refractivity contribution in [3.8, 4) is 5.69 Å². The van der Waals surface area contributed by atoms with Gasteiger partial charge in [-0.3, -0.25) is 9.59 Å². The summed E-state index contributed by atoms with van der Waals surface area (Å²) < 4.78 is 1.84. The Balaban J connectivity index is 1.11. The van der Waals surface area contributed by atoms with E-state index in [1.807, 2.05) is 71.4 Å². The van der Waals surface area contributed by atoms with Gasteiger partial charge in [-0.15, -0.1) is 0 Å². The van der Waals surface area contributed by atoms with Crippen molar-refractivity contribution in [2.75, 3.05) is 28.6 Å². The van der Waals surface area contributed by atoms with Crippen LogP contribution in [0.15, 0.2) is 72.9 Å². The predicted molar refractivity (Wildman–Crippen MR) is 144 cm³/mol. The second kappa shape index (κ2) is 9.71. The van der Waals surface area contributed by atoms with E-state index in [0.717, 1.165) is 66.7 Å². The van der Waals surface area contributed by atoms with E-state index in [-0.39, 0.29) is 23.8 Å². The molecule has 0 bridgehead atoms. The fourth-order valence-corrected chi connectivity index (χ4v) is 4.74. The molecule has 188 valence electrons. The number of aliphatic hydroxyl groups excluding tert-OH is 1. The number of carbonyl (C=O) groups is 2. The lowest BCUT2D eigenvalue weighted by molar-refractivity contribution is -0.117. The summed E-state index contributed by atoms with van der Waals surface area (Å²) in [5.41, 5.74) is 4.95. The highest BCUT2D eigenvalue weighted by Crippen LogP contribution is 2.31. The molecule has 1 saturated heterocycles. The van der Waals surface area contributed by atoms with Crippen LogP contribution in [0.1, 0.15) is 36.0 Å². The normalized spacial score (nSPS) is 16.1. The Morgan fingerprint density at radius 3 is 2.19 bits per heavy atom. The third-order valence-electron chi connectivity index (χ3n) is 7.11. The molecule has 2 aliphatic rings. The number of rotatable bonds is 6. The van der Waals surface area contributed by atoms with E-state index in [1.165, 1.54) is 0 Å². The number of fused-ring (bicyclic) bond motifs is 1. The average molecular weight is 496 g/mol. The Morgan fingerprint density at radius 2 is 1.49 bits per heavy atom. The van der Waals surface area contributed by atoms with E-state index in [2.05, 4.69) is 20.6 Å². The van der Waals surface area contributed by atoms with Crippen LogP contribution in [0.3, 0.4) is 0 Å². The summed E-state index contributed by atoms with van der Waals surface area (Å²) in [6.45, 7) is 1.64. The number of piperidine rings is 1. The van der Waals surface area contributed by atoms with Crippen LogP contribution >= 0.6 is 0 Å². The fraction of sp³-hybridized carbons (Fsp3) is 0.276. The predicted octanol–water partition coefficient (Wildman–Crippen LogP) is 4.59. The van der Waals surface area contributed by atoms with E-state index in [0.29, 0.717) is 11.3 Å². The summed E-state index contributed by atoms with van der Waals surface area (Å²) in [5, 5.41) is 21.1. The van der Waals surface area contributed by atoms with Gasteiger partial charge >= 0.3 is 0 Å². The van der Waals surface area contributed by atoms with E-state index >= 15 is 0 Å². The van der Waals surface area contributed by atoms with Gasteiger partial charge in [0.25, 0.3) is 5.91 Å². The van der Waals surface area contributed by atoms with Crippen LogP contribution in [0.4, 0.5) is 17.1 Å². The molecule has 8 heteroatoms. The van der Waals surface area contributed by atoms with E-state index < -0.39 is 0 Å². The van der Waals surface area contributed by atoms with Crippen LogP contribution in [-0.2, 0) is 4.79 Å². The molecule has 8 nitrogen and oxygen atoms in total. The van der Waals surface area contributed by atoms with Crippen LogP contribution in [0.25, 0.3) is 16.6 Å². The van der Waals surface area contributed by atoms with Gasteiger partial charge in [-0.05, 0) is 92.4 Å². The highest BCUT2D eigenvalue weighted by molar-refractivity contribution is 6.04. The first-order valence-corrected chi connectivity index (χ1v) is 12.8. The summed E-state index contributed by atoms with van der Waals surface area (Å²) in [6.07, 6.45) is 5.06. The lowest BCUT2D eigenvalue weighted by Crippen LogP contribution is -2.35. The molecule has 0 unspecified atom stereocenters. The highest BCUT2D eigenvalue weighted by atomic mass is 16.3. The number of hydrogen-bond acceptors (Lipinski definition) is 5. The molecule has 2 heterocycles. The molecule has 1 aromatic heterocycles. The molecule has 2 amide bonds. The highest BCUT2D eigenvalue weighted by Gasteiger charge is 2.29. The zero-order valence-electron chi connectivity index (χ0n) is 20.4. The molecule has 0 spiro atoms. The summed E-state index contributed by atoms with van der Waals surface area (Å²) in [5.74, 6) is 0.0777. The number of hydrogen-bond donors (Lipinski definition) is 3. The van der Waals surface area contributed by atoms with Crippen molar-refractivity contribution in [2.24, 2.45) is 5.92 Å². The Morgan fingerprint density at radius 1 is 0.811 bits per heavy atom. The third kappa shape index (κ3) is 5.06. The topological polar surface area (TPSA) is 99.5 Å². The number of aromatic nitrogens is 2. The number of benzene rings is 3. The molecule has 2 fully saturated rings. The molecule has 1 saturated carbocycles. The van der Waals surface area contributed by atoms with Crippen molar-refractivity contribution < 1.29 is 14.7 Å². The maximum atomic E-state index is 12.8. The van der Waals surface area contributed by atoms with E-state index in [1.54, 1.807) is 6.20 Å². The number of nitrogens with zero attached hydrogens (tertiary/aromatic N) is 3. The number of carbonyl (C=O) groups excluding carboxylic acids is 2. The minimum atomic E-state index is -0.210. The molecular weight excluding hydrogens is 466 g/mol. The molecular formula is C29H29N5O3. The van der Waals surface area contributed by atoms with Crippen LogP contribution in [0.5, 0.6) is 0 Å². The second-order valence-electron chi connectivity index (χ2n) is 9.86. The maximum absolute atomic E-state index is 12.8. The van der Waals surface area contributed by atoms with Gasteiger partial charge in [-0.25, -0.2) is 4.68 Å². The standard InChI is InChI=1S/C29H29N5O3/c35-26-13-15-33(16-14-26)24-8-3-20(4-9-24)28(36)31-22-5-10-25(11-6-22)34-27-12-7-23(17-21(27)18-30-34)32-29(37)19-1-2-19/h3-12,17-19,26,35H,1-2,13-16H2,(H,31,36)(H,32,37). The first-order valence-electron chi connectivity index (χ1n) is 12.8. The van der Waals surface area contributed by atoms with Crippen molar-refractivity contribution in [3.63, 3.8) is 0 Å². The van der Waals surface area contributed by atoms with Crippen LogP contribution in [0.2, 0.25) is 0 Å². The molecule has 1 aliphatic carbocycles. The Bertz CT molecular complexity index is 1430. The minimum Gasteiger partial charge on any atom is -0.393 e. The number of aliphatic hydroxyl groups is 1. The van der Waals surface area contributed by atoms with Crippen molar-refractivity contribution in [1.29, 1.82) is 0 Å². The molecule has 3 aromatic carbocycles. The van der Waals surface area contributed by atoms with Crippen molar-refractivity contribution >= 4 is 39.8 Å². The Kier molecular flexibility index (Phi) is 6.10. The molecule has 1 aliphatic heterocycles. The quantitative estimate of drug-likeness (QED) is 0.363. The zero-order chi connectivity index (χ0) is 25.4. The van der Waals surface area contributed by atoms with Gasteiger partial charge < -0.3 is 20.6 Å². The molecule has 0 atom stereocenters. The maximum Gasteiger partial charge on any atom is 0.255 e. The van der Waals surface area contributed by atoms with Crippen molar-refractivity contribution in [2.45, 2.75) is 31.8 Å². The lowest BCUT2D eigenvalue weighted by Gasteiger charge is -2.31. The van der Waals surface area contributed by atoms with E-state index in [9.17, 15) is 14.7 Å². The molecule has 3 N–H and O–H groups in total. The smallest absolute Gasteiger partial charge is 0.255 e. The third-order valence-corrected chi connectivity index (χ3v) is 7.11. The zero-order valence-corrected chi connectivity index (χ0v) is 20.4. The van der Waals surface area contributed by atoms with Crippen LogP contribution in [-0.4, -0.2) is 45.9 Å². The summed E-state index contributed by atoms with van der Waals surface area (Å²) in [7, 11) is 0. The van der Waals surface area contributed by atoms with Crippen LogP contribution in [0, 0.1) is 5.92 Å². The van der Waals surface area contributed by atoms with Crippen LogP contribution < -0.4 is 15.5 Å². The van der Waals surface area contributed by atoms with Gasteiger partial charge in [0.05, 0.1) is 23.5 Å². The van der Waals surface area contributed by atoms with E-state index in [4.69, 9.17) is 0 Å².